The van der Waals surface area contributed by atoms with Gasteiger partial charge in [0.2, 0.25) is 0 Å². The number of nitrogens with one attached hydrogen (secondary N) is 1. The zero-order valence-corrected chi connectivity index (χ0v) is 9.95. The van der Waals surface area contributed by atoms with Crippen LogP contribution in [0.4, 0.5) is 14.6 Å². The first kappa shape index (κ1) is 12.6. The summed E-state index contributed by atoms with van der Waals surface area (Å²) in [6.45, 7) is 0.579. The largest absolute Gasteiger partial charge is 0.362 e. The van der Waals surface area contributed by atoms with Crippen molar-refractivity contribution in [3.63, 3.8) is 0 Å². The van der Waals surface area contributed by atoms with Gasteiger partial charge >= 0.3 is 0 Å². The predicted molar refractivity (Wildman–Crippen MR) is 66.8 cm³/mol. The molecule has 0 amide bonds. The summed E-state index contributed by atoms with van der Waals surface area (Å²) in [6, 6.07) is 7.40. The first-order valence-corrected chi connectivity index (χ1v) is 5.57. The van der Waals surface area contributed by atoms with Gasteiger partial charge < -0.3 is 11.1 Å². The van der Waals surface area contributed by atoms with Crippen LogP contribution in [0.25, 0.3) is 10.8 Å². The molecule has 0 saturated carbocycles. The van der Waals surface area contributed by atoms with Crippen LogP contribution in [0.1, 0.15) is 5.69 Å². The molecule has 6 heteroatoms. The van der Waals surface area contributed by atoms with Crippen LogP contribution in [0.15, 0.2) is 24.3 Å². The van der Waals surface area contributed by atoms with Crippen LogP contribution in [0.3, 0.4) is 0 Å². The van der Waals surface area contributed by atoms with Crippen molar-refractivity contribution < 1.29 is 8.78 Å². The molecule has 0 spiro atoms. The zero-order chi connectivity index (χ0) is 13.2. The molecule has 0 fully saturated rings. The van der Waals surface area contributed by atoms with Crippen molar-refractivity contribution in [2.24, 2.45) is 5.73 Å². The van der Waals surface area contributed by atoms with Crippen LogP contribution in [-0.2, 0) is 0 Å². The molecule has 0 radical (unpaired) electrons. The highest BCUT2D eigenvalue weighted by molar-refractivity contribution is 5.92. The molecule has 1 heterocycles. The van der Waals surface area contributed by atoms with Crippen LogP contribution in [-0.4, -0.2) is 29.2 Å². The topological polar surface area (TPSA) is 63.8 Å². The predicted octanol–water partition coefficient (Wildman–Crippen LogP) is 1.94. The molecule has 4 nitrogen and oxygen atoms in total. The summed E-state index contributed by atoms with van der Waals surface area (Å²) < 4.78 is 26.2. The van der Waals surface area contributed by atoms with E-state index < -0.39 is 19.0 Å². The normalized spacial score (nSPS) is 11.8. The number of rotatable bonds is 4. The summed E-state index contributed by atoms with van der Waals surface area (Å²) in [7, 11) is 0. The highest BCUT2D eigenvalue weighted by Gasteiger charge is 2.26. The van der Waals surface area contributed by atoms with E-state index in [-0.39, 0.29) is 0 Å². The van der Waals surface area contributed by atoms with Crippen molar-refractivity contribution in [1.82, 2.24) is 10.2 Å². The standard InChI is InChI=1S/C12H14F2N4/c1-8-9-4-2-3-5-10(9)11(18-17-8)16-7-12(13,14)6-15/h2-5H,6-7,15H2,1H3,(H,16,18). The van der Waals surface area contributed by atoms with Gasteiger partial charge in [-0.05, 0) is 6.92 Å². The Hall–Kier alpha value is -1.82. The van der Waals surface area contributed by atoms with Gasteiger partial charge in [-0.2, -0.15) is 5.10 Å². The molecule has 96 valence electrons. The van der Waals surface area contributed by atoms with Crippen molar-refractivity contribution in [1.29, 1.82) is 0 Å². The number of fused-ring (bicyclic) bond motifs is 1. The molecule has 3 N–H and O–H groups in total. The smallest absolute Gasteiger partial charge is 0.276 e. The van der Waals surface area contributed by atoms with Gasteiger partial charge in [0.05, 0.1) is 18.8 Å². The van der Waals surface area contributed by atoms with Crippen molar-refractivity contribution in [2.75, 3.05) is 18.4 Å². The molecule has 0 aliphatic rings. The lowest BCUT2D eigenvalue weighted by atomic mass is 10.1. The molecule has 2 aromatic rings. The maximum Gasteiger partial charge on any atom is 0.276 e. The van der Waals surface area contributed by atoms with Gasteiger partial charge in [-0.3, -0.25) is 0 Å². The van der Waals surface area contributed by atoms with Crippen LogP contribution >= 0.6 is 0 Å². The van der Waals surface area contributed by atoms with Gasteiger partial charge in [0.25, 0.3) is 5.92 Å². The van der Waals surface area contributed by atoms with Crippen LogP contribution in [0.5, 0.6) is 0 Å². The molecule has 1 aromatic heterocycles. The third-order valence-electron chi connectivity index (χ3n) is 2.69. The number of hydrogen-bond acceptors (Lipinski definition) is 4. The lowest BCUT2D eigenvalue weighted by Gasteiger charge is -2.15. The number of nitrogens with two attached hydrogens (primary N) is 1. The van der Waals surface area contributed by atoms with E-state index >= 15 is 0 Å². The Morgan fingerprint density at radius 2 is 1.89 bits per heavy atom. The highest BCUT2D eigenvalue weighted by Crippen LogP contribution is 2.23. The fourth-order valence-corrected chi connectivity index (χ4v) is 1.65. The van der Waals surface area contributed by atoms with E-state index in [4.69, 9.17) is 5.73 Å². The van der Waals surface area contributed by atoms with E-state index in [2.05, 4.69) is 15.5 Å². The number of halogens is 2. The summed E-state index contributed by atoms with van der Waals surface area (Å²) in [5.74, 6) is -2.60. The number of aryl methyl sites for hydroxylation is 1. The van der Waals surface area contributed by atoms with Gasteiger partial charge in [-0.25, -0.2) is 8.78 Å². The molecule has 18 heavy (non-hydrogen) atoms. The minimum atomic E-state index is -2.95. The Labute approximate surface area is 103 Å². The fourth-order valence-electron chi connectivity index (χ4n) is 1.65. The van der Waals surface area contributed by atoms with Crippen LogP contribution in [0.2, 0.25) is 0 Å². The Balaban J connectivity index is 2.32. The molecule has 0 bridgehead atoms. The minimum absolute atomic E-state index is 0.351. The van der Waals surface area contributed by atoms with Gasteiger partial charge in [-0.15, -0.1) is 5.10 Å². The Morgan fingerprint density at radius 1 is 1.22 bits per heavy atom. The Morgan fingerprint density at radius 3 is 2.56 bits per heavy atom. The van der Waals surface area contributed by atoms with Gasteiger partial charge in [-0.1, -0.05) is 24.3 Å². The second-order valence-corrected chi connectivity index (χ2v) is 4.09. The molecule has 2 rings (SSSR count). The quantitative estimate of drug-likeness (QED) is 0.873. The maximum absolute atomic E-state index is 13.1. The lowest BCUT2D eigenvalue weighted by molar-refractivity contribution is 0.0253. The lowest BCUT2D eigenvalue weighted by Crippen LogP contribution is -2.35. The van der Waals surface area contributed by atoms with Crippen molar-refractivity contribution in [3.05, 3.63) is 30.0 Å². The van der Waals surface area contributed by atoms with Crippen molar-refractivity contribution in [3.8, 4) is 0 Å². The number of alkyl halides is 2. The molecule has 0 saturated heterocycles. The van der Waals surface area contributed by atoms with E-state index in [1.54, 1.807) is 0 Å². The third kappa shape index (κ3) is 2.53. The maximum atomic E-state index is 13.1. The van der Waals surface area contributed by atoms with E-state index in [0.717, 1.165) is 16.5 Å². The summed E-state index contributed by atoms with van der Waals surface area (Å²) in [5, 5.41) is 12.1. The fraction of sp³-hybridized carbons (Fsp3) is 0.333. The number of hydrogen-bond donors (Lipinski definition) is 2. The molecule has 0 unspecified atom stereocenters. The molecule has 0 aliphatic heterocycles. The molecular weight excluding hydrogens is 238 g/mol. The molecule has 0 atom stereocenters. The Kier molecular flexibility index (Phi) is 3.38. The van der Waals surface area contributed by atoms with E-state index in [9.17, 15) is 8.78 Å². The van der Waals surface area contributed by atoms with Crippen LogP contribution < -0.4 is 11.1 Å². The summed E-state index contributed by atoms with van der Waals surface area (Å²) in [5.41, 5.74) is 5.75. The summed E-state index contributed by atoms with van der Waals surface area (Å²) in [6.07, 6.45) is 0. The highest BCUT2D eigenvalue weighted by atomic mass is 19.3. The van der Waals surface area contributed by atoms with E-state index in [1.807, 2.05) is 31.2 Å². The summed E-state index contributed by atoms with van der Waals surface area (Å²) in [4.78, 5) is 0. The molecule has 1 aromatic carbocycles. The minimum Gasteiger partial charge on any atom is -0.362 e. The monoisotopic (exact) mass is 252 g/mol. The van der Waals surface area contributed by atoms with E-state index in [0.29, 0.717) is 5.82 Å². The third-order valence-corrected chi connectivity index (χ3v) is 2.69. The molecular formula is C12H14F2N4. The first-order chi connectivity index (χ1) is 8.53. The average molecular weight is 252 g/mol. The van der Waals surface area contributed by atoms with E-state index in [1.165, 1.54) is 0 Å². The summed E-state index contributed by atoms with van der Waals surface area (Å²) >= 11 is 0. The number of anilines is 1. The van der Waals surface area contributed by atoms with Crippen molar-refractivity contribution in [2.45, 2.75) is 12.8 Å². The molecule has 0 aliphatic carbocycles. The van der Waals surface area contributed by atoms with Gasteiger partial charge in [0, 0.05) is 10.8 Å². The van der Waals surface area contributed by atoms with Crippen LogP contribution in [0, 0.1) is 6.92 Å². The number of nitrogens with zero attached hydrogens (tertiary/aromatic N) is 2. The number of benzene rings is 1. The number of aromatic nitrogens is 2. The second-order valence-electron chi connectivity index (χ2n) is 4.09. The second kappa shape index (κ2) is 4.81. The van der Waals surface area contributed by atoms with Gasteiger partial charge in [0.15, 0.2) is 5.82 Å². The average Bonchev–Trinajstić information content (AvgIpc) is 2.38. The van der Waals surface area contributed by atoms with Gasteiger partial charge in [0.1, 0.15) is 0 Å². The van der Waals surface area contributed by atoms with Crippen molar-refractivity contribution >= 4 is 16.6 Å². The first-order valence-electron chi connectivity index (χ1n) is 5.57. The zero-order valence-electron chi connectivity index (χ0n) is 9.95. The SMILES string of the molecule is Cc1nnc(NCC(F)(F)CN)c2ccccc12. The Bertz CT molecular complexity index is 557.